The molecule has 2 aromatic carbocycles. The number of rotatable bonds is 12. The third-order valence-corrected chi connectivity index (χ3v) is 7.44. The topological polar surface area (TPSA) is 97.4 Å². The van der Waals surface area contributed by atoms with Gasteiger partial charge >= 0.3 is 12.1 Å². The summed E-state index contributed by atoms with van der Waals surface area (Å²) in [5.74, 6) is -0.578. The monoisotopic (exact) mass is 579 g/mol. The first-order valence-corrected chi connectivity index (χ1v) is 14.4. The van der Waals surface area contributed by atoms with Crippen LogP contribution in [0.1, 0.15) is 52.0 Å². The highest BCUT2D eigenvalue weighted by Crippen LogP contribution is 2.31. The van der Waals surface area contributed by atoms with Crippen molar-refractivity contribution in [3.8, 4) is 5.75 Å². The molecule has 0 saturated carbocycles. The number of anilines is 1. The first-order valence-electron chi connectivity index (χ1n) is 14.4. The van der Waals surface area contributed by atoms with Crippen molar-refractivity contribution in [2.45, 2.75) is 64.6 Å². The van der Waals surface area contributed by atoms with E-state index in [-0.39, 0.29) is 25.7 Å². The average Bonchev–Trinajstić information content (AvgIpc) is 3.39. The maximum atomic E-state index is 13.9. The van der Waals surface area contributed by atoms with Crippen molar-refractivity contribution >= 4 is 40.5 Å². The van der Waals surface area contributed by atoms with Crippen molar-refractivity contribution in [1.29, 1.82) is 0 Å². The van der Waals surface area contributed by atoms with Gasteiger partial charge in [-0.25, -0.2) is 9.59 Å². The minimum Gasteiger partial charge on any atom is -0.450 e. The van der Waals surface area contributed by atoms with Crippen LogP contribution >= 0.6 is 0 Å². The van der Waals surface area contributed by atoms with Crippen molar-refractivity contribution < 1.29 is 28.6 Å². The zero-order valence-corrected chi connectivity index (χ0v) is 25.8. The Balaban J connectivity index is 1.78. The van der Waals surface area contributed by atoms with E-state index in [9.17, 15) is 14.4 Å². The Bertz CT molecular complexity index is 1300. The van der Waals surface area contributed by atoms with E-state index in [4.69, 9.17) is 14.2 Å². The van der Waals surface area contributed by atoms with Gasteiger partial charge in [0, 0.05) is 39.9 Å². The fourth-order valence-corrected chi connectivity index (χ4v) is 5.04. The van der Waals surface area contributed by atoms with E-state index < -0.39 is 35.5 Å². The standard InChI is InChI=1S/C33H45N3O6/c1-9-11-12-13-16-41-32(39)34-29(33(3,4)5)30(37)36-21-26(40-8)20-28(36)31(38)42-25-15-14-23-19-27(35(6)7)22(10-2)17-24(23)18-25/h9-10,14-15,17-19,26,28-29H,1-2,11-13,16,20-21H2,3-8H3,(H,34,39)/t26?,28?,29-/m1/s1. The zero-order valence-electron chi connectivity index (χ0n) is 25.8. The number of nitrogens with zero attached hydrogens (tertiary/aromatic N) is 2. The highest BCUT2D eigenvalue weighted by Gasteiger charge is 2.46. The third-order valence-electron chi connectivity index (χ3n) is 7.44. The van der Waals surface area contributed by atoms with Gasteiger partial charge in [0.25, 0.3) is 0 Å². The molecule has 3 atom stereocenters. The molecule has 0 aliphatic carbocycles. The van der Waals surface area contributed by atoms with Gasteiger partial charge < -0.3 is 29.3 Å². The van der Waals surface area contributed by atoms with Crippen LogP contribution in [0.5, 0.6) is 5.75 Å². The van der Waals surface area contributed by atoms with E-state index in [1.165, 1.54) is 4.90 Å². The Hall–Kier alpha value is -3.85. The molecule has 2 aromatic rings. The van der Waals surface area contributed by atoms with E-state index in [0.29, 0.717) is 12.2 Å². The Morgan fingerprint density at radius 1 is 1.12 bits per heavy atom. The van der Waals surface area contributed by atoms with Crippen LogP contribution in [-0.4, -0.2) is 75.4 Å². The second kappa shape index (κ2) is 14.4. The first kappa shape index (κ1) is 32.7. The molecule has 1 heterocycles. The second-order valence-electron chi connectivity index (χ2n) is 11.9. The fraction of sp³-hybridized carbons (Fsp3) is 0.485. The molecule has 0 aromatic heterocycles. The molecule has 2 unspecified atom stereocenters. The zero-order chi connectivity index (χ0) is 31.0. The van der Waals surface area contributed by atoms with E-state index in [0.717, 1.165) is 34.9 Å². The normalized spacial score (nSPS) is 17.4. The minimum atomic E-state index is -0.923. The van der Waals surface area contributed by atoms with Crippen molar-refractivity contribution in [3.63, 3.8) is 0 Å². The van der Waals surface area contributed by atoms with Gasteiger partial charge in [-0.05, 0) is 65.3 Å². The number of hydrogen-bond donors (Lipinski definition) is 1. The Kier molecular flexibility index (Phi) is 11.2. The maximum absolute atomic E-state index is 13.9. The number of methoxy groups -OCH3 is 1. The van der Waals surface area contributed by atoms with Crippen LogP contribution in [-0.2, 0) is 19.1 Å². The molecule has 1 fully saturated rings. The van der Waals surface area contributed by atoms with Crippen LogP contribution in [0.25, 0.3) is 16.8 Å². The minimum absolute atomic E-state index is 0.202. The predicted molar refractivity (Wildman–Crippen MR) is 167 cm³/mol. The van der Waals surface area contributed by atoms with Crippen molar-refractivity contribution in [3.05, 3.63) is 55.1 Å². The van der Waals surface area contributed by atoms with Crippen molar-refractivity contribution in [1.82, 2.24) is 10.2 Å². The van der Waals surface area contributed by atoms with Crippen LogP contribution in [0.15, 0.2) is 49.6 Å². The number of allylic oxidation sites excluding steroid dienone is 1. The van der Waals surface area contributed by atoms with Gasteiger partial charge in [-0.1, -0.05) is 45.6 Å². The largest absolute Gasteiger partial charge is 0.450 e. The quantitative estimate of drug-likeness (QED) is 0.152. The smallest absolute Gasteiger partial charge is 0.407 e. The molecular formula is C33H45N3O6. The predicted octanol–water partition coefficient (Wildman–Crippen LogP) is 5.57. The highest BCUT2D eigenvalue weighted by atomic mass is 16.5. The Morgan fingerprint density at radius 3 is 2.48 bits per heavy atom. The summed E-state index contributed by atoms with van der Waals surface area (Å²) in [5, 5.41) is 4.62. The summed E-state index contributed by atoms with van der Waals surface area (Å²) in [7, 11) is 5.49. The number of fused-ring (bicyclic) bond motifs is 1. The number of hydrogen-bond acceptors (Lipinski definition) is 7. The van der Waals surface area contributed by atoms with Gasteiger partial charge in [0.1, 0.15) is 17.8 Å². The maximum Gasteiger partial charge on any atom is 0.407 e. The lowest BCUT2D eigenvalue weighted by molar-refractivity contribution is -0.148. The number of alkyl carbamates (subject to hydrolysis) is 1. The van der Waals surface area contributed by atoms with Crippen LogP contribution in [0.2, 0.25) is 0 Å². The van der Waals surface area contributed by atoms with E-state index in [1.807, 2.05) is 58.0 Å². The number of nitrogens with one attached hydrogen (secondary N) is 1. The van der Waals surface area contributed by atoms with Gasteiger partial charge in [-0.2, -0.15) is 0 Å². The molecule has 9 heteroatoms. The summed E-state index contributed by atoms with van der Waals surface area (Å²) in [6, 6.07) is 7.71. The van der Waals surface area contributed by atoms with Crippen LogP contribution in [0.3, 0.4) is 0 Å². The van der Waals surface area contributed by atoms with Crippen LogP contribution in [0.4, 0.5) is 10.5 Å². The molecule has 42 heavy (non-hydrogen) atoms. The second-order valence-corrected chi connectivity index (χ2v) is 11.9. The van der Waals surface area contributed by atoms with Gasteiger partial charge in [0.15, 0.2) is 0 Å². The lowest BCUT2D eigenvalue weighted by Gasteiger charge is -2.34. The van der Waals surface area contributed by atoms with E-state index in [2.05, 4.69) is 24.5 Å². The number of esters is 1. The molecule has 0 spiro atoms. The summed E-state index contributed by atoms with van der Waals surface area (Å²) in [4.78, 5) is 43.4. The molecule has 2 amide bonds. The van der Waals surface area contributed by atoms with E-state index >= 15 is 0 Å². The number of carbonyl (C=O) groups excluding carboxylic acids is 3. The molecule has 9 nitrogen and oxygen atoms in total. The van der Waals surface area contributed by atoms with Gasteiger partial charge in [-0.15, -0.1) is 6.58 Å². The first-order chi connectivity index (χ1) is 19.9. The molecule has 1 N–H and O–H groups in total. The number of ether oxygens (including phenoxy) is 3. The number of amides is 2. The Morgan fingerprint density at radius 2 is 1.86 bits per heavy atom. The summed E-state index contributed by atoms with van der Waals surface area (Å²) in [5.41, 5.74) is 1.35. The number of likely N-dealkylation sites (tertiary alicyclic amines) is 1. The fourth-order valence-electron chi connectivity index (χ4n) is 5.04. The Labute approximate surface area is 249 Å². The molecule has 1 aliphatic heterocycles. The van der Waals surface area contributed by atoms with Crippen molar-refractivity contribution in [2.75, 3.05) is 39.3 Å². The molecular weight excluding hydrogens is 534 g/mol. The molecule has 1 aliphatic rings. The lowest BCUT2D eigenvalue weighted by Crippen LogP contribution is -2.57. The lowest BCUT2D eigenvalue weighted by atomic mass is 9.85. The molecule has 1 saturated heterocycles. The molecule has 228 valence electrons. The summed E-state index contributed by atoms with van der Waals surface area (Å²) in [6.45, 7) is 13.6. The molecule has 0 radical (unpaired) electrons. The van der Waals surface area contributed by atoms with Crippen LogP contribution in [0, 0.1) is 5.41 Å². The average molecular weight is 580 g/mol. The summed E-state index contributed by atoms with van der Waals surface area (Å²) >= 11 is 0. The van der Waals surface area contributed by atoms with E-state index in [1.54, 1.807) is 25.3 Å². The number of benzene rings is 2. The summed E-state index contributed by atoms with van der Waals surface area (Å²) < 4.78 is 16.7. The van der Waals surface area contributed by atoms with Crippen LogP contribution < -0.4 is 15.0 Å². The van der Waals surface area contributed by atoms with Gasteiger partial charge in [-0.3, -0.25) is 4.79 Å². The van der Waals surface area contributed by atoms with Gasteiger partial charge in [0.05, 0.1) is 12.7 Å². The van der Waals surface area contributed by atoms with Crippen molar-refractivity contribution in [2.24, 2.45) is 5.41 Å². The molecule has 0 bridgehead atoms. The number of carbonyl (C=O) groups is 3. The summed E-state index contributed by atoms with van der Waals surface area (Å²) in [6.07, 6.45) is 5.27. The number of unbranched alkanes of at least 4 members (excludes halogenated alkanes) is 2. The van der Waals surface area contributed by atoms with Gasteiger partial charge in [0.2, 0.25) is 5.91 Å². The molecule has 3 rings (SSSR count). The SMILES string of the molecule is C=CCCCCOC(=O)N[C@H](C(=O)N1CC(OC)CC1C(=O)Oc1ccc2cc(N(C)C)c(C=C)cc2c1)C(C)(C)C. The third kappa shape index (κ3) is 8.12. The highest BCUT2D eigenvalue weighted by molar-refractivity contribution is 5.93.